The third kappa shape index (κ3) is 4.45. The van der Waals surface area contributed by atoms with Crippen molar-refractivity contribution in [1.82, 2.24) is 0 Å². The van der Waals surface area contributed by atoms with Crippen molar-refractivity contribution in [3.05, 3.63) is 29.3 Å². The van der Waals surface area contributed by atoms with E-state index < -0.39 is 31.1 Å². The zero-order valence-electron chi connectivity index (χ0n) is 10.6. The number of carboxylic acids is 1. The maximum atomic E-state index is 12.5. The van der Waals surface area contributed by atoms with E-state index in [1.165, 1.54) is 18.2 Å². The van der Waals surface area contributed by atoms with E-state index in [9.17, 15) is 22.8 Å². The van der Waals surface area contributed by atoms with Gasteiger partial charge in [0.2, 0.25) is 0 Å². The van der Waals surface area contributed by atoms with Gasteiger partial charge in [0.05, 0.1) is 11.3 Å². The monoisotopic (exact) mass is 290 g/mol. The molecule has 0 spiro atoms. The zero-order chi connectivity index (χ0) is 15.5. The minimum atomic E-state index is -4.60. The average Bonchev–Trinajstić information content (AvgIpc) is 2.24. The van der Waals surface area contributed by atoms with Crippen LogP contribution >= 0.6 is 0 Å². The molecule has 20 heavy (non-hydrogen) atoms. The number of hydrogen-bond acceptors (Lipinski definition) is 3. The lowest BCUT2D eigenvalue weighted by Crippen LogP contribution is -2.39. The number of carboxylic acid groups (broad SMARTS) is 1. The molecular weight excluding hydrogens is 277 g/mol. The number of rotatable bonds is 5. The third-order valence-electron chi connectivity index (χ3n) is 2.46. The van der Waals surface area contributed by atoms with E-state index in [1.54, 1.807) is 6.92 Å². The second-order valence-corrected chi connectivity index (χ2v) is 4.25. The lowest BCUT2D eigenvalue weighted by molar-refractivity contribution is -0.136. The molecule has 3 N–H and O–H groups in total. The summed E-state index contributed by atoms with van der Waals surface area (Å²) >= 11 is 0. The number of anilines is 1. The van der Waals surface area contributed by atoms with Crippen molar-refractivity contribution in [3.63, 3.8) is 0 Å². The molecule has 5 nitrogen and oxygen atoms in total. The van der Waals surface area contributed by atoms with Crippen LogP contribution in [-0.4, -0.2) is 36.2 Å². The molecule has 0 saturated heterocycles. The smallest absolute Gasteiger partial charge is 0.405 e. The quantitative estimate of drug-likeness (QED) is 0.861. The van der Waals surface area contributed by atoms with Gasteiger partial charge in [-0.3, -0.25) is 9.59 Å². The highest BCUT2D eigenvalue weighted by Crippen LogP contribution is 2.26. The van der Waals surface area contributed by atoms with Gasteiger partial charge in [-0.15, -0.1) is 0 Å². The zero-order valence-corrected chi connectivity index (χ0v) is 10.6. The first-order valence-electron chi connectivity index (χ1n) is 5.54. The molecule has 110 valence electrons. The number of hydrogen-bond donors (Lipinski definition) is 2. The highest BCUT2D eigenvalue weighted by Gasteiger charge is 2.33. The van der Waals surface area contributed by atoms with Crippen LogP contribution in [0.25, 0.3) is 0 Å². The Hall–Kier alpha value is -2.25. The Bertz CT molecular complexity index is 529. The first kappa shape index (κ1) is 15.8. The van der Waals surface area contributed by atoms with Crippen molar-refractivity contribution in [2.24, 2.45) is 5.73 Å². The van der Waals surface area contributed by atoms with Gasteiger partial charge < -0.3 is 15.7 Å². The molecule has 0 radical (unpaired) electrons. The molecule has 0 fully saturated rings. The number of benzene rings is 1. The van der Waals surface area contributed by atoms with Gasteiger partial charge >= 0.3 is 12.1 Å². The molecule has 1 rings (SSSR count). The Balaban J connectivity index is 3.28. The summed E-state index contributed by atoms with van der Waals surface area (Å²) in [5.41, 5.74) is 5.40. The molecule has 0 saturated carbocycles. The Labute approximate surface area is 112 Å². The summed E-state index contributed by atoms with van der Waals surface area (Å²) in [6.07, 6.45) is -4.60. The predicted octanol–water partition coefficient (Wildman–Crippen LogP) is 1.55. The number of amides is 1. The molecule has 0 unspecified atom stereocenters. The topological polar surface area (TPSA) is 83.6 Å². The summed E-state index contributed by atoms with van der Waals surface area (Å²) in [4.78, 5) is 22.5. The number of alkyl halides is 3. The molecule has 0 heterocycles. The van der Waals surface area contributed by atoms with Crippen molar-refractivity contribution >= 4 is 17.6 Å². The molecule has 0 atom stereocenters. The molecule has 0 aliphatic heterocycles. The van der Waals surface area contributed by atoms with Crippen molar-refractivity contribution < 1.29 is 27.9 Å². The molecule has 1 aromatic rings. The molecule has 0 aromatic heterocycles. The summed E-state index contributed by atoms with van der Waals surface area (Å²) in [5.74, 6) is -2.36. The highest BCUT2D eigenvalue weighted by molar-refractivity contribution is 5.99. The summed E-state index contributed by atoms with van der Waals surface area (Å²) in [6.45, 7) is -0.757. The van der Waals surface area contributed by atoms with E-state index in [-0.39, 0.29) is 11.3 Å². The van der Waals surface area contributed by atoms with Gasteiger partial charge in [0, 0.05) is 0 Å². The number of halogens is 3. The summed E-state index contributed by atoms with van der Waals surface area (Å²) < 4.78 is 37.6. The van der Waals surface area contributed by atoms with Crippen LogP contribution in [0.2, 0.25) is 0 Å². The molecule has 0 bridgehead atoms. The van der Waals surface area contributed by atoms with E-state index in [0.717, 1.165) is 0 Å². The fraction of sp³-hybridized carbons (Fsp3) is 0.333. The van der Waals surface area contributed by atoms with Gasteiger partial charge in [-0.05, 0) is 24.6 Å². The van der Waals surface area contributed by atoms with Gasteiger partial charge in [-0.25, -0.2) is 0 Å². The van der Waals surface area contributed by atoms with Crippen LogP contribution in [-0.2, 0) is 4.79 Å². The number of carbonyl (C=O) groups is 2. The molecule has 0 aliphatic carbocycles. The SMILES string of the molecule is Cc1ccc(C(N)=O)c(N(CC(=O)O)CC(F)(F)F)c1. The van der Waals surface area contributed by atoms with E-state index in [4.69, 9.17) is 10.8 Å². The van der Waals surface area contributed by atoms with Crippen LogP contribution in [0, 0.1) is 6.92 Å². The Morgan fingerprint density at radius 2 is 1.95 bits per heavy atom. The van der Waals surface area contributed by atoms with Gasteiger partial charge in [-0.1, -0.05) is 6.07 Å². The van der Waals surface area contributed by atoms with E-state index >= 15 is 0 Å². The lowest BCUT2D eigenvalue weighted by atomic mass is 10.1. The normalized spacial score (nSPS) is 11.2. The number of carbonyl (C=O) groups excluding carboxylic acids is 1. The van der Waals surface area contributed by atoms with Gasteiger partial charge in [0.1, 0.15) is 13.1 Å². The second-order valence-electron chi connectivity index (χ2n) is 4.25. The number of nitrogens with two attached hydrogens (primary N) is 1. The maximum absolute atomic E-state index is 12.5. The fourth-order valence-electron chi connectivity index (χ4n) is 1.72. The van der Waals surface area contributed by atoms with E-state index in [1.807, 2.05) is 0 Å². The van der Waals surface area contributed by atoms with Gasteiger partial charge in [-0.2, -0.15) is 13.2 Å². The maximum Gasteiger partial charge on any atom is 0.405 e. The summed E-state index contributed by atoms with van der Waals surface area (Å²) in [6, 6.07) is 4.09. The minimum Gasteiger partial charge on any atom is -0.480 e. The Morgan fingerprint density at radius 1 is 1.35 bits per heavy atom. The number of primary amides is 1. The van der Waals surface area contributed by atoms with Crippen LogP contribution in [0.3, 0.4) is 0 Å². The number of aliphatic carboxylic acids is 1. The van der Waals surface area contributed by atoms with E-state index in [2.05, 4.69) is 0 Å². The van der Waals surface area contributed by atoms with Crippen molar-refractivity contribution in [1.29, 1.82) is 0 Å². The summed E-state index contributed by atoms with van der Waals surface area (Å²) in [7, 11) is 0. The molecule has 1 amide bonds. The van der Waals surface area contributed by atoms with Crippen LogP contribution in [0.1, 0.15) is 15.9 Å². The largest absolute Gasteiger partial charge is 0.480 e. The number of aryl methyl sites for hydroxylation is 1. The molecule has 8 heteroatoms. The van der Waals surface area contributed by atoms with Crippen molar-refractivity contribution in [2.75, 3.05) is 18.0 Å². The summed E-state index contributed by atoms with van der Waals surface area (Å²) in [5, 5.41) is 8.72. The van der Waals surface area contributed by atoms with Crippen LogP contribution in [0.4, 0.5) is 18.9 Å². The van der Waals surface area contributed by atoms with Crippen molar-refractivity contribution in [2.45, 2.75) is 13.1 Å². The van der Waals surface area contributed by atoms with Crippen LogP contribution < -0.4 is 10.6 Å². The van der Waals surface area contributed by atoms with Gasteiger partial charge in [0.15, 0.2) is 0 Å². The van der Waals surface area contributed by atoms with Gasteiger partial charge in [0.25, 0.3) is 5.91 Å². The Kier molecular flexibility index (Phi) is 4.59. The molecule has 1 aromatic carbocycles. The highest BCUT2D eigenvalue weighted by atomic mass is 19.4. The minimum absolute atomic E-state index is 0.141. The van der Waals surface area contributed by atoms with E-state index in [0.29, 0.717) is 10.5 Å². The fourth-order valence-corrected chi connectivity index (χ4v) is 1.72. The first-order chi connectivity index (χ1) is 9.10. The van der Waals surface area contributed by atoms with Crippen LogP contribution in [0.5, 0.6) is 0 Å². The first-order valence-corrected chi connectivity index (χ1v) is 5.54. The molecular formula is C12H13F3N2O3. The van der Waals surface area contributed by atoms with Crippen molar-refractivity contribution in [3.8, 4) is 0 Å². The number of nitrogens with zero attached hydrogens (tertiary/aromatic N) is 1. The molecule has 0 aliphatic rings. The lowest BCUT2D eigenvalue weighted by Gasteiger charge is -2.26. The van der Waals surface area contributed by atoms with Crippen LogP contribution in [0.15, 0.2) is 18.2 Å². The second kappa shape index (κ2) is 5.81. The standard InChI is InChI=1S/C12H13F3N2O3/c1-7-2-3-8(11(16)20)9(4-7)17(5-10(18)19)6-12(13,14)15/h2-4H,5-6H2,1H3,(H2,16,20)(H,18,19). The third-order valence-corrected chi connectivity index (χ3v) is 2.46. The average molecular weight is 290 g/mol. The predicted molar refractivity (Wildman–Crippen MR) is 65.6 cm³/mol. The Morgan fingerprint density at radius 3 is 2.40 bits per heavy atom.